The van der Waals surface area contributed by atoms with E-state index in [-0.39, 0.29) is 106 Å². The second-order valence-electron chi connectivity index (χ2n) is 34.7. The summed E-state index contributed by atoms with van der Waals surface area (Å²) >= 11 is 0. The first-order valence-corrected chi connectivity index (χ1v) is 44.9. The molecule has 0 unspecified atom stereocenters. The zero-order valence-corrected chi connectivity index (χ0v) is 76.3. The third kappa shape index (κ3) is 48.7. The molecule has 0 spiro atoms. The summed E-state index contributed by atoms with van der Waals surface area (Å²) in [4.78, 5) is 221. The molecule has 0 saturated carbocycles. The molecule has 121 heavy (non-hydrogen) atoms. The highest BCUT2D eigenvalue weighted by atomic mass is 16.2. The standard InChI is InChI=1S/C86H161N19O16/c1-18-21-22-23-24-25-26-27-28-29-30-31-32-42-70(107)104-71(55(12)19-2)85(120)103-68(50-69(90)106)84(119)102-67(49-54(10)11)83(118)98-61(39-33-36-43-87)78(113)93-60(17)77(112)101-65(47-52(6)7)81(116)94-57(14)74(109)92-58(15)76(111)100-66(48-53(8)9)82(117)95-59(16)75(110)96-62(40-34-37-44-88)79(114)97-63(41-35-38-45-89)80(115)105-72(56(13)20-3)86(121)99-64(73(91)108)46-51(4)5/h51-68,71-72H,18-50,87-89H2,1-17H3,(H2,90,106)(H2,91,108)(H,92,109)(H,93,113)(H,94,116)(H,95,117)(H,96,110)(H,97,114)(H,98,118)(H,99,121)(H,100,111)(H,101,112)(H,102,119)(H,103,120)(H,104,107)(H,105,115)/t55-,56-,57-,58-,59-,60-,61-,62-,63-,64-,65-,66-,67-,68-,71-,72-/m0/s1. The Kier molecular flexibility index (Phi) is 58.8. The summed E-state index contributed by atoms with van der Waals surface area (Å²) in [6.07, 6.45) is 18.4. The average Bonchev–Trinajstić information content (AvgIpc) is 0.862. The van der Waals surface area contributed by atoms with Crippen LogP contribution in [-0.2, 0) is 76.7 Å². The normalized spacial score (nSPS) is 15.4. The fourth-order valence-corrected chi connectivity index (χ4v) is 13.5. The van der Waals surface area contributed by atoms with E-state index < -0.39 is 186 Å². The molecule has 0 aromatic carbocycles. The van der Waals surface area contributed by atoms with Crippen LogP contribution in [0.5, 0.6) is 0 Å². The number of nitrogens with one attached hydrogen (secondary N) is 14. The molecular formula is C86H161N19O16. The fraction of sp³-hybridized carbons (Fsp3) is 0.814. The van der Waals surface area contributed by atoms with Crippen LogP contribution in [0.4, 0.5) is 0 Å². The number of carbonyl (C=O) groups is 16. The number of nitrogens with two attached hydrogens (primary N) is 5. The molecule has 24 N–H and O–H groups in total. The molecule has 0 aliphatic heterocycles. The monoisotopic (exact) mass is 1720 g/mol. The molecule has 696 valence electrons. The molecule has 0 heterocycles. The molecule has 0 aliphatic carbocycles. The van der Waals surface area contributed by atoms with Crippen LogP contribution in [0.2, 0.25) is 0 Å². The summed E-state index contributed by atoms with van der Waals surface area (Å²) in [5.74, 6) is -13.6. The Morgan fingerprint density at radius 2 is 0.496 bits per heavy atom. The van der Waals surface area contributed by atoms with E-state index in [2.05, 4.69) is 81.4 Å². The number of rotatable bonds is 68. The highest BCUT2D eigenvalue weighted by Gasteiger charge is 2.39. The van der Waals surface area contributed by atoms with Crippen molar-refractivity contribution in [2.24, 2.45) is 64.2 Å². The number of carbonyl (C=O) groups excluding carboxylic acids is 16. The molecule has 0 aliphatic rings. The maximum Gasteiger partial charge on any atom is 0.243 e. The van der Waals surface area contributed by atoms with Gasteiger partial charge < -0.3 is 103 Å². The summed E-state index contributed by atoms with van der Waals surface area (Å²) in [5, 5.41) is 37.3. The average molecular weight is 1720 g/mol. The SMILES string of the molecule is CCCCCCCCCCCCCCCC(=O)N[C@H](C(=O)N[C@@H](CC(N)=O)C(=O)N[C@@H](CC(C)C)C(=O)N[C@@H](CCCCN)C(=O)N[C@@H](C)C(=O)N[C@@H](CC(C)C)C(=O)N[C@@H](C)C(=O)N[C@@H](C)C(=O)N[C@@H](CC(C)C)C(=O)N[C@@H](C)C(=O)N[C@@H](CCCCN)C(=O)N[C@@H](CCCCN)C(=O)N[C@H](C(=O)N[C@@H](CC(C)C)C(N)=O)[C@@H](C)CC)[C@@H](C)CC. The van der Waals surface area contributed by atoms with E-state index in [1.807, 2.05) is 27.7 Å². The van der Waals surface area contributed by atoms with E-state index in [1.54, 1.807) is 55.4 Å². The lowest BCUT2D eigenvalue weighted by Crippen LogP contribution is -2.60. The number of unbranched alkanes of at least 4 members (excludes halogenated alkanes) is 15. The van der Waals surface area contributed by atoms with Gasteiger partial charge in [-0.3, -0.25) is 76.7 Å². The minimum Gasteiger partial charge on any atom is -0.370 e. The molecule has 0 radical (unpaired) electrons. The lowest BCUT2D eigenvalue weighted by atomic mass is 9.96. The van der Waals surface area contributed by atoms with Gasteiger partial charge in [0.05, 0.1) is 6.42 Å². The van der Waals surface area contributed by atoms with Gasteiger partial charge in [0.2, 0.25) is 94.5 Å². The summed E-state index contributed by atoms with van der Waals surface area (Å²) in [7, 11) is 0. The Morgan fingerprint density at radius 1 is 0.248 bits per heavy atom. The van der Waals surface area contributed by atoms with E-state index in [4.69, 9.17) is 28.7 Å². The highest BCUT2D eigenvalue weighted by molar-refractivity contribution is 6.01. The van der Waals surface area contributed by atoms with E-state index >= 15 is 0 Å². The van der Waals surface area contributed by atoms with E-state index in [9.17, 15) is 76.7 Å². The highest BCUT2D eigenvalue weighted by Crippen LogP contribution is 2.19. The molecule has 0 rings (SSSR count). The van der Waals surface area contributed by atoms with Crippen LogP contribution >= 0.6 is 0 Å². The van der Waals surface area contributed by atoms with E-state index in [0.717, 1.165) is 25.7 Å². The quantitative estimate of drug-likeness (QED) is 0.0388. The van der Waals surface area contributed by atoms with Crippen molar-refractivity contribution < 1.29 is 76.7 Å². The Balaban J connectivity index is 6.35. The van der Waals surface area contributed by atoms with Gasteiger partial charge in [-0.05, 0) is 173 Å². The third-order valence-corrected chi connectivity index (χ3v) is 21.3. The zero-order valence-electron chi connectivity index (χ0n) is 76.3. The van der Waals surface area contributed by atoms with Crippen LogP contribution in [0, 0.1) is 35.5 Å². The van der Waals surface area contributed by atoms with Gasteiger partial charge in [0.1, 0.15) is 84.6 Å². The van der Waals surface area contributed by atoms with Crippen LogP contribution in [0.15, 0.2) is 0 Å². The number of hydrogen-bond donors (Lipinski definition) is 19. The van der Waals surface area contributed by atoms with Crippen molar-refractivity contribution in [2.45, 2.75) is 395 Å². The second-order valence-corrected chi connectivity index (χ2v) is 34.7. The summed E-state index contributed by atoms with van der Waals surface area (Å²) in [5.41, 5.74) is 28.6. The van der Waals surface area contributed by atoms with E-state index in [0.29, 0.717) is 57.8 Å². The molecular weight excluding hydrogens is 1560 g/mol. The predicted molar refractivity (Wildman–Crippen MR) is 468 cm³/mol. The van der Waals surface area contributed by atoms with Crippen LogP contribution in [0.3, 0.4) is 0 Å². The van der Waals surface area contributed by atoms with E-state index in [1.165, 1.54) is 79.1 Å². The summed E-state index contributed by atoms with van der Waals surface area (Å²) in [6.45, 7) is 30.1. The first-order valence-electron chi connectivity index (χ1n) is 44.9. The van der Waals surface area contributed by atoms with Crippen molar-refractivity contribution in [1.82, 2.24) is 74.4 Å². The van der Waals surface area contributed by atoms with Crippen LogP contribution in [-0.4, -0.2) is 199 Å². The second kappa shape index (κ2) is 63.3. The van der Waals surface area contributed by atoms with Crippen molar-refractivity contribution >= 4 is 94.5 Å². The van der Waals surface area contributed by atoms with Gasteiger partial charge in [-0.1, -0.05) is 180 Å². The Morgan fingerprint density at radius 3 is 0.826 bits per heavy atom. The predicted octanol–water partition coefficient (Wildman–Crippen LogP) is 3.36. The molecule has 0 saturated heterocycles. The fourth-order valence-electron chi connectivity index (χ4n) is 13.5. The summed E-state index contributed by atoms with van der Waals surface area (Å²) < 4.78 is 0. The van der Waals surface area contributed by atoms with Crippen molar-refractivity contribution in [3.8, 4) is 0 Å². The minimum atomic E-state index is -1.57. The Labute approximate surface area is 721 Å². The molecule has 0 aromatic rings. The lowest BCUT2D eigenvalue weighted by molar-refractivity contribution is -0.136. The van der Waals surface area contributed by atoms with Crippen LogP contribution in [0.25, 0.3) is 0 Å². The largest absolute Gasteiger partial charge is 0.370 e. The molecule has 0 fully saturated rings. The van der Waals surface area contributed by atoms with Gasteiger partial charge in [-0.25, -0.2) is 0 Å². The maximum absolute atomic E-state index is 14.4. The first-order chi connectivity index (χ1) is 57.0. The maximum atomic E-state index is 14.4. The summed E-state index contributed by atoms with van der Waals surface area (Å²) in [6, 6.07) is -17.7. The minimum absolute atomic E-state index is 0.00405. The molecule has 16 amide bonds. The molecule has 35 nitrogen and oxygen atoms in total. The van der Waals surface area contributed by atoms with Crippen molar-refractivity contribution in [3.63, 3.8) is 0 Å². The Hall–Kier alpha value is -8.60. The zero-order chi connectivity index (χ0) is 92.0. The van der Waals surface area contributed by atoms with Gasteiger partial charge in [0, 0.05) is 6.42 Å². The molecule has 16 atom stereocenters. The molecule has 35 heteroatoms. The third-order valence-electron chi connectivity index (χ3n) is 21.3. The topological polar surface area (TPSA) is 572 Å². The first kappa shape index (κ1) is 112. The van der Waals surface area contributed by atoms with Crippen LogP contribution < -0.4 is 103 Å². The Bertz CT molecular complexity index is 3180. The van der Waals surface area contributed by atoms with Crippen molar-refractivity contribution in [2.75, 3.05) is 19.6 Å². The van der Waals surface area contributed by atoms with Crippen molar-refractivity contribution in [1.29, 1.82) is 0 Å². The number of primary amides is 2. The molecule has 0 aromatic heterocycles. The van der Waals surface area contributed by atoms with Gasteiger partial charge >= 0.3 is 0 Å². The van der Waals surface area contributed by atoms with Gasteiger partial charge in [-0.15, -0.1) is 0 Å². The molecule has 0 bridgehead atoms. The smallest absolute Gasteiger partial charge is 0.243 e. The van der Waals surface area contributed by atoms with Gasteiger partial charge in [-0.2, -0.15) is 0 Å². The number of amides is 16. The van der Waals surface area contributed by atoms with Crippen LogP contribution in [0.1, 0.15) is 310 Å². The van der Waals surface area contributed by atoms with Gasteiger partial charge in [0.15, 0.2) is 0 Å². The number of hydrogen-bond acceptors (Lipinski definition) is 19. The van der Waals surface area contributed by atoms with Crippen molar-refractivity contribution in [3.05, 3.63) is 0 Å². The van der Waals surface area contributed by atoms with Gasteiger partial charge in [0.25, 0.3) is 0 Å². The lowest BCUT2D eigenvalue weighted by Gasteiger charge is -2.29.